The maximum atomic E-state index is 12.6. The predicted molar refractivity (Wildman–Crippen MR) is 96.6 cm³/mol. The number of aryl methyl sites for hydroxylation is 1. The largest absolute Gasteiger partial charge is 0.377 e. The summed E-state index contributed by atoms with van der Waals surface area (Å²) >= 11 is 1.50. The van der Waals surface area contributed by atoms with Crippen molar-refractivity contribution in [3.8, 4) is 0 Å². The Balaban J connectivity index is 1.42. The minimum absolute atomic E-state index is 0.0723. The molecule has 1 aliphatic carbocycles. The van der Waals surface area contributed by atoms with Crippen LogP contribution in [0, 0.1) is 6.92 Å². The van der Waals surface area contributed by atoms with Crippen LogP contribution in [-0.2, 0) is 11.3 Å². The van der Waals surface area contributed by atoms with Crippen molar-refractivity contribution in [2.45, 2.75) is 38.3 Å². The van der Waals surface area contributed by atoms with E-state index < -0.39 is 0 Å². The van der Waals surface area contributed by atoms with Gasteiger partial charge in [-0.15, -0.1) is 11.3 Å². The summed E-state index contributed by atoms with van der Waals surface area (Å²) < 4.78 is 6.85. The number of hydrogen-bond acceptors (Lipinski definition) is 6. The molecule has 136 valence electrons. The van der Waals surface area contributed by atoms with Gasteiger partial charge in [-0.05, 0) is 19.8 Å². The van der Waals surface area contributed by atoms with E-state index in [9.17, 15) is 9.59 Å². The van der Waals surface area contributed by atoms with E-state index in [0.717, 1.165) is 29.2 Å². The summed E-state index contributed by atoms with van der Waals surface area (Å²) in [5, 5.41) is 4.97. The number of hydrogen-bond donors (Lipinski definition) is 2. The van der Waals surface area contributed by atoms with Gasteiger partial charge in [0.2, 0.25) is 0 Å². The molecule has 2 N–H and O–H groups in total. The predicted octanol–water partition coefficient (Wildman–Crippen LogP) is 1.61. The number of rotatable bonds is 5. The molecule has 0 radical (unpaired) electrons. The van der Waals surface area contributed by atoms with E-state index in [1.54, 1.807) is 7.11 Å². The maximum absolute atomic E-state index is 12.6. The Kier molecular flexibility index (Phi) is 4.33. The lowest BCUT2D eigenvalue weighted by molar-refractivity contribution is 0.0901. The van der Waals surface area contributed by atoms with Crippen molar-refractivity contribution in [2.75, 3.05) is 7.11 Å². The van der Waals surface area contributed by atoms with Gasteiger partial charge in [-0.25, -0.2) is 9.97 Å². The zero-order valence-electron chi connectivity index (χ0n) is 14.5. The van der Waals surface area contributed by atoms with Crippen molar-refractivity contribution in [1.29, 1.82) is 0 Å². The molecule has 8 nitrogen and oxygen atoms in total. The first kappa shape index (κ1) is 16.9. The molecule has 9 heteroatoms. The summed E-state index contributed by atoms with van der Waals surface area (Å²) in [6, 6.07) is 1.60. The lowest BCUT2D eigenvalue weighted by Crippen LogP contribution is -2.44. The van der Waals surface area contributed by atoms with Gasteiger partial charge < -0.3 is 15.0 Å². The Bertz CT molecular complexity index is 1010. The van der Waals surface area contributed by atoms with Gasteiger partial charge in [0.05, 0.1) is 11.4 Å². The second-order valence-corrected chi connectivity index (χ2v) is 7.36. The lowest BCUT2D eigenvalue weighted by atomic mass is 9.78. The van der Waals surface area contributed by atoms with Crippen LogP contribution >= 0.6 is 11.3 Å². The van der Waals surface area contributed by atoms with Crippen molar-refractivity contribution < 1.29 is 9.53 Å². The summed E-state index contributed by atoms with van der Waals surface area (Å²) in [7, 11) is 1.56. The fourth-order valence-corrected chi connectivity index (χ4v) is 4.10. The number of ether oxygens (including phenoxy) is 1. The molecule has 3 aromatic heterocycles. The molecule has 26 heavy (non-hydrogen) atoms. The summed E-state index contributed by atoms with van der Waals surface area (Å²) in [6.45, 7) is 2.11. The number of imidazole rings is 1. The number of aromatic nitrogens is 4. The SMILES string of the molecule is COCc1nc(C2CC(NC(=O)c3c(C)nc4sccn34)C2)cc(=O)[nH]1. The van der Waals surface area contributed by atoms with Gasteiger partial charge in [0.1, 0.15) is 18.1 Å². The molecule has 1 amide bonds. The highest BCUT2D eigenvalue weighted by atomic mass is 32.1. The number of aromatic amines is 1. The standard InChI is InChI=1S/C17H19N5O3S/c1-9-15(22-3-4-26-17(22)18-9)16(24)19-11-5-10(6-11)12-7-14(23)21-13(20-12)8-25-2/h3-4,7,10-11H,5-6,8H2,1-2H3,(H,19,24)(H,20,21,23). The molecular weight excluding hydrogens is 354 g/mol. The second-order valence-electron chi connectivity index (χ2n) is 6.49. The minimum Gasteiger partial charge on any atom is -0.377 e. The van der Waals surface area contributed by atoms with Crippen LogP contribution in [0.4, 0.5) is 0 Å². The van der Waals surface area contributed by atoms with Crippen molar-refractivity contribution >= 4 is 22.2 Å². The monoisotopic (exact) mass is 373 g/mol. The zero-order chi connectivity index (χ0) is 18.3. The Hall–Kier alpha value is -2.52. The van der Waals surface area contributed by atoms with Gasteiger partial charge in [-0.3, -0.25) is 14.0 Å². The van der Waals surface area contributed by atoms with Crippen LogP contribution < -0.4 is 10.9 Å². The van der Waals surface area contributed by atoms with Crippen LogP contribution in [0.2, 0.25) is 0 Å². The van der Waals surface area contributed by atoms with Crippen molar-refractivity contribution in [3.63, 3.8) is 0 Å². The summed E-state index contributed by atoms with van der Waals surface area (Å²) in [5.41, 5.74) is 1.89. The van der Waals surface area contributed by atoms with E-state index >= 15 is 0 Å². The number of carbonyl (C=O) groups excluding carboxylic acids is 1. The third kappa shape index (κ3) is 3.04. The first-order chi connectivity index (χ1) is 12.5. The van der Waals surface area contributed by atoms with Crippen LogP contribution in [0.25, 0.3) is 4.96 Å². The van der Waals surface area contributed by atoms with Gasteiger partial charge in [0.15, 0.2) is 4.96 Å². The van der Waals surface area contributed by atoms with E-state index in [4.69, 9.17) is 4.74 Å². The van der Waals surface area contributed by atoms with Crippen molar-refractivity contribution in [3.05, 3.63) is 50.9 Å². The van der Waals surface area contributed by atoms with Gasteiger partial charge in [0.25, 0.3) is 11.5 Å². The Morgan fingerprint density at radius 1 is 1.46 bits per heavy atom. The lowest BCUT2D eigenvalue weighted by Gasteiger charge is -2.35. The molecule has 0 spiro atoms. The molecule has 3 aromatic rings. The molecule has 4 rings (SSSR count). The third-order valence-corrected chi connectivity index (χ3v) is 5.39. The third-order valence-electron chi connectivity index (χ3n) is 4.63. The highest BCUT2D eigenvalue weighted by Crippen LogP contribution is 2.35. The van der Waals surface area contributed by atoms with Crippen LogP contribution in [0.5, 0.6) is 0 Å². The van der Waals surface area contributed by atoms with E-state index in [1.807, 2.05) is 22.9 Å². The summed E-state index contributed by atoms with van der Waals surface area (Å²) in [5.74, 6) is 0.582. The quantitative estimate of drug-likeness (QED) is 0.707. The molecule has 1 aliphatic rings. The Morgan fingerprint density at radius 3 is 3.04 bits per heavy atom. The molecule has 0 aromatic carbocycles. The van der Waals surface area contributed by atoms with E-state index in [2.05, 4.69) is 20.3 Å². The smallest absolute Gasteiger partial charge is 0.270 e. The molecule has 0 unspecified atom stereocenters. The molecular formula is C17H19N5O3S. The number of H-pyrrole nitrogens is 1. The normalized spacial score (nSPS) is 19.5. The fourth-order valence-electron chi connectivity index (χ4n) is 3.34. The summed E-state index contributed by atoms with van der Waals surface area (Å²) in [6.07, 6.45) is 3.38. The van der Waals surface area contributed by atoms with Crippen LogP contribution in [0.15, 0.2) is 22.4 Å². The topological polar surface area (TPSA) is 101 Å². The highest BCUT2D eigenvalue weighted by molar-refractivity contribution is 7.15. The molecule has 3 heterocycles. The van der Waals surface area contributed by atoms with Crippen molar-refractivity contribution in [1.82, 2.24) is 24.7 Å². The molecule has 1 saturated carbocycles. The molecule has 0 saturated heterocycles. The minimum atomic E-state index is -0.177. The number of nitrogens with one attached hydrogen (secondary N) is 2. The second kappa shape index (κ2) is 6.65. The number of methoxy groups -OCH3 is 1. The van der Waals surface area contributed by atoms with Crippen LogP contribution in [-0.4, -0.2) is 38.4 Å². The number of fused-ring (bicyclic) bond motifs is 1. The van der Waals surface area contributed by atoms with E-state index in [0.29, 0.717) is 11.5 Å². The number of nitrogens with zero attached hydrogens (tertiary/aromatic N) is 3. The zero-order valence-corrected chi connectivity index (χ0v) is 15.3. The number of thiazole rings is 1. The Morgan fingerprint density at radius 2 is 2.27 bits per heavy atom. The molecule has 0 bridgehead atoms. The van der Waals surface area contributed by atoms with Gasteiger partial charge in [0, 0.05) is 36.7 Å². The van der Waals surface area contributed by atoms with Crippen LogP contribution in [0.3, 0.4) is 0 Å². The van der Waals surface area contributed by atoms with E-state index in [1.165, 1.54) is 17.4 Å². The average molecular weight is 373 g/mol. The molecule has 0 atom stereocenters. The van der Waals surface area contributed by atoms with Gasteiger partial charge in [-0.2, -0.15) is 0 Å². The Labute approximate surface area is 153 Å². The maximum Gasteiger partial charge on any atom is 0.270 e. The first-order valence-corrected chi connectivity index (χ1v) is 9.25. The summed E-state index contributed by atoms with van der Waals surface area (Å²) in [4.78, 5) is 36.7. The highest BCUT2D eigenvalue weighted by Gasteiger charge is 2.34. The molecule has 1 fully saturated rings. The van der Waals surface area contributed by atoms with Gasteiger partial charge in [-0.1, -0.05) is 0 Å². The van der Waals surface area contributed by atoms with Gasteiger partial charge >= 0.3 is 0 Å². The molecule has 0 aliphatic heterocycles. The van der Waals surface area contributed by atoms with Crippen molar-refractivity contribution in [2.24, 2.45) is 0 Å². The number of carbonyl (C=O) groups is 1. The van der Waals surface area contributed by atoms with E-state index in [-0.39, 0.29) is 30.0 Å². The number of amides is 1. The first-order valence-electron chi connectivity index (χ1n) is 8.37. The fraction of sp³-hybridized carbons (Fsp3) is 0.412. The average Bonchev–Trinajstić information content (AvgIpc) is 3.09. The van der Waals surface area contributed by atoms with Crippen LogP contribution in [0.1, 0.15) is 46.5 Å².